The van der Waals surface area contributed by atoms with Crippen molar-refractivity contribution in [1.82, 2.24) is 4.90 Å². The maximum atomic E-state index is 10.9. The van der Waals surface area contributed by atoms with Crippen molar-refractivity contribution < 1.29 is 9.53 Å². The van der Waals surface area contributed by atoms with Crippen LogP contribution in [0.3, 0.4) is 0 Å². The summed E-state index contributed by atoms with van der Waals surface area (Å²) in [4.78, 5) is 12.3. The molecule has 0 aromatic heterocycles. The highest BCUT2D eigenvalue weighted by Gasteiger charge is 2.07. The Bertz CT molecular complexity index is 170. The summed E-state index contributed by atoms with van der Waals surface area (Å²) < 4.78 is 4.71. The van der Waals surface area contributed by atoms with Crippen LogP contribution in [-0.2, 0) is 4.74 Å². The molecule has 70 valence electrons. The zero-order valence-electron chi connectivity index (χ0n) is 7.46. The van der Waals surface area contributed by atoms with Crippen LogP contribution in [0.25, 0.3) is 0 Å². The van der Waals surface area contributed by atoms with Crippen molar-refractivity contribution in [3.63, 3.8) is 0 Å². The zero-order chi connectivity index (χ0) is 9.56. The average Bonchev–Trinajstić information content (AvgIpc) is 2.00. The number of amides is 1. The van der Waals surface area contributed by atoms with Gasteiger partial charge in [-0.2, -0.15) is 0 Å². The van der Waals surface area contributed by atoms with Crippen LogP contribution >= 0.6 is 0 Å². The Hall–Kier alpha value is -1.26. The predicted octanol–water partition coefficient (Wildman–Crippen LogP) is 0.401. The molecular weight excluding hydrogens is 158 g/mol. The fourth-order valence-corrected chi connectivity index (χ4v) is 0.613. The van der Waals surface area contributed by atoms with Gasteiger partial charge in [-0.1, -0.05) is 0 Å². The van der Waals surface area contributed by atoms with E-state index in [9.17, 15) is 4.79 Å². The Balaban J connectivity index is 3.63. The summed E-state index contributed by atoms with van der Waals surface area (Å²) in [7, 11) is 1.61. The molecule has 0 radical (unpaired) electrons. The summed E-state index contributed by atoms with van der Waals surface area (Å²) in [5.74, 6) is 0.0751. The third-order valence-corrected chi connectivity index (χ3v) is 1.30. The van der Waals surface area contributed by atoms with Gasteiger partial charge in [-0.25, -0.2) is 4.79 Å². The number of carbonyl (C=O) groups is 1. The second-order valence-corrected chi connectivity index (χ2v) is 2.40. The molecule has 0 heterocycles. The maximum absolute atomic E-state index is 10.9. The minimum atomic E-state index is -0.376. The van der Waals surface area contributed by atoms with Gasteiger partial charge in [0.05, 0.1) is 12.4 Å². The maximum Gasteiger partial charge on any atom is 0.409 e. The van der Waals surface area contributed by atoms with E-state index in [2.05, 4.69) is 0 Å². The lowest BCUT2D eigenvalue weighted by atomic mass is 10.4. The molecule has 0 aliphatic rings. The Morgan fingerprint density at radius 2 is 2.25 bits per heavy atom. The predicted molar refractivity (Wildman–Crippen MR) is 46.2 cm³/mol. The minimum absolute atomic E-state index is 0.0751. The molecular formula is C7H15N3O2. The van der Waals surface area contributed by atoms with Gasteiger partial charge in [-0.15, -0.1) is 0 Å². The van der Waals surface area contributed by atoms with Gasteiger partial charge in [0.2, 0.25) is 0 Å². The third-order valence-electron chi connectivity index (χ3n) is 1.30. The van der Waals surface area contributed by atoms with Crippen LogP contribution < -0.4 is 5.73 Å². The number of nitrogens with zero attached hydrogens (tertiary/aromatic N) is 1. The molecule has 0 saturated heterocycles. The molecule has 0 atom stereocenters. The summed E-state index contributed by atoms with van der Waals surface area (Å²) in [6.45, 7) is 2.54. The summed E-state index contributed by atoms with van der Waals surface area (Å²) >= 11 is 0. The molecule has 0 rings (SSSR count). The smallest absolute Gasteiger partial charge is 0.409 e. The molecule has 0 aliphatic carbocycles. The van der Waals surface area contributed by atoms with E-state index in [1.807, 2.05) is 0 Å². The van der Waals surface area contributed by atoms with Gasteiger partial charge in [0.25, 0.3) is 0 Å². The summed E-state index contributed by atoms with van der Waals surface area (Å²) in [5, 5.41) is 6.93. The van der Waals surface area contributed by atoms with Crippen LogP contribution in [-0.4, -0.2) is 37.0 Å². The Kier molecular flexibility index (Phi) is 4.83. The first kappa shape index (κ1) is 10.7. The van der Waals surface area contributed by atoms with Crippen molar-refractivity contribution in [2.75, 3.05) is 20.2 Å². The highest BCUT2D eigenvalue weighted by Crippen LogP contribution is 1.91. The highest BCUT2D eigenvalue weighted by molar-refractivity contribution is 5.77. The van der Waals surface area contributed by atoms with Crippen LogP contribution in [0.1, 0.15) is 13.3 Å². The van der Waals surface area contributed by atoms with Crippen LogP contribution in [0.4, 0.5) is 4.79 Å². The second-order valence-electron chi connectivity index (χ2n) is 2.40. The van der Waals surface area contributed by atoms with Crippen LogP contribution in [0, 0.1) is 5.41 Å². The van der Waals surface area contributed by atoms with E-state index in [0.717, 1.165) is 0 Å². The number of hydrogen-bond donors (Lipinski definition) is 2. The molecule has 5 nitrogen and oxygen atoms in total. The van der Waals surface area contributed by atoms with E-state index in [1.165, 1.54) is 4.90 Å². The van der Waals surface area contributed by atoms with Crippen LogP contribution in [0.5, 0.6) is 0 Å². The van der Waals surface area contributed by atoms with E-state index in [0.29, 0.717) is 19.6 Å². The van der Waals surface area contributed by atoms with E-state index in [4.69, 9.17) is 15.9 Å². The molecule has 12 heavy (non-hydrogen) atoms. The monoisotopic (exact) mass is 173 g/mol. The molecule has 3 N–H and O–H groups in total. The van der Waals surface area contributed by atoms with Gasteiger partial charge in [0.1, 0.15) is 0 Å². The number of nitrogens with one attached hydrogen (secondary N) is 1. The average molecular weight is 173 g/mol. The van der Waals surface area contributed by atoms with Gasteiger partial charge in [-0.05, 0) is 6.92 Å². The van der Waals surface area contributed by atoms with Crippen molar-refractivity contribution in [2.24, 2.45) is 5.73 Å². The quantitative estimate of drug-likeness (QED) is 0.477. The molecule has 0 aromatic carbocycles. The van der Waals surface area contributed by atoms with Crippen LogP contribution in [0.15, 0.2) is 0 Å². The summed E-state index contributed by atoms with van der Waals surface area (Å²) in [6.07, 6.45) is 0.00808. The molecule has 0 aromatic rings. The Morgan fingerprint density at radius 1 is 1.67 bits per heavy atom. The first-order chi connectivity index (χ1) is 5.57. The molecule has 0 spiro atoms. The summed E-state index contributed by atoms with van der Waals surface area (Å²) in [6, 6.07) is 0. The number of carbonyl (C=O) groups excluding carboxylic acids is 1. The number of hydrogen-bond acceptors (Lipinski definition) is 3. The lowest BCUT2D eigenvalue weighted by molar-refractivity contribution is 0.117. The normalized spacial score (nSPS) is 9.17. The van der Waals surface area contributed by atoms with Crippen molar-refractivity contribution >= 4 is 11.9 Å². The third kappa shape index (κ3) is 4.54. The lowest BCUT2D eigenvalue weighted by Gasteiger charge is -2.15. The van der Waals surface area contributed by atoms with Crippen molar-refractivity contribution in [2.45, 2.75) is 13.3 Å². The van der Waals surface area contributed by atoms with Crippen molar-refractivity contribution in [3.05, 3.63) is 0 Å². The molecule has 0 saturated carbocycles. The minimum Gasteiger partial charge on any atom is -0.450 e. The number of amidine groups is 1. The fourth-order valence-electron chi connectivity index (χ4n) is 0.613. The van der Waals surface area contributed by atoms with E-state index in [-0.39, 0.29) is 11.9 Å². The van der Waals surface area contributed by atoms with Crippen molar-refractivity contribution in [1.29, 1.82) is 5.41 Å². The largest absolute Gasteiger partial charge is 0.450 e. The van der Waals surface area contributed by atoms with Crippen molar-refractivity contribution in [3.8, 4) is 0 Å². The molecule has 0 aliphatic heterocycles. The molecule has 0 unspecified atom stereocenters. The molecule has 5 heteroatoms. The Labute approximate surface area is 72.0 Å². The van der Waals surface area contributed by atoms with Gasteiger partial charge >= 0.3 is 6.09 Å². The van der Waals surface area contributed by atoms with Gasteiger partial charge in [0, 0.05) is 20.0 Å². The van der Waals surface area contributed by atoms with E-state index < -0.39 is 0 Å². The van der Waals surface area contributed by atoms with E-state index >= 15 is 0 Å². The molecule has 0 fully saturated rings. The van der Waals surface area contributed by atoms with Gasteiger partial charge in [-0.3, -0.25) is 5.41 Å². The van der Waals surface area contributed by atoms with Crippen LogP contribution in [0.2, 0.25) is 0 Å². The topological polar surface area (TPSA) is 79.4 Å². The second kappa shape index (κ2) is 5.40. The SMILES string of the molecule is CCOC(=O)N(C)CCC(=N)N. The Morgan fingerprint density at radius 3 is 2.67 bits per heavy atom. The molecule has 0 bridgehead atoms. The highest BCUT2D eigenvalue weighted by atomic mass is 16.5. The van der Waals surface area contributed by atoms with Gasteiger partial charge < -0.3 is 15.4 Å². The fraction of sp³-hybridized carbons (Fsp3) is 0.714. The van der Waals surface area contributed by atoms with Gasteiger partial charge in [0.15, 0.2) is 0 Å². The summed E-state index contributed by atoms with van der Waals surface area (Å²) in [5.41, 5.74) is 5.12. The first-order valence-electron chi connectivity index (χ1n) is 3.78. The number of rotatable bonds is 4. The first-order valence-corrected chi connectivity index (χ1v) is 3.78. The zero-order valence-corrected chi connectivity index (χ0v) is 7.46. The molecule has 1 amide bonds. The number of nitrogens with two attached hydrogens (primary N) is 1. The lowest BCUT2D eigenvalue weighted by Crippen LogP contribution is -2.30. The number of ether oxygens (including phenoxy) is 1. The van der Waals surface area contributed by atoms with E-state index in [1.54, 1.807) is 14.0 Å². The standard InChI is InChI=1S/C7H15N3O2/c1-3-12-7(11)10(2)5-4-6(8)9/h3-5H2,1-2H3,(H3,8,9).